The number of ether oxygens (including phenoxy) is 1. The average molecular weight is 320 g/mol. The van der Waals surface area contributed by atoms with Crippen molar-refractivity contribution in [1.29, 1.82) is 0 Å². The van der Waals surface area contributed by atoms with Gasteiger partial charge in [-0.15, -0.1) is 0 Å². The first-order chi connectivity index (χ1) is 11.0. The van der Waals surface area contributed by atoms with E-state index in [2.05, 4.69) is 0 Å². The van der Waals surface area contributed by atoms with Crippen molar-refractivity contribution in [2.75, 3.05) is 13.1 Å². The lowest BCUT2D eigenvalue weighted by Gasteiger charge is -2.42. The number of benzene rings is 1. The molecule has 5 heteroatoms. The second kappa shape index (κ2) is 6.57. The Balaban J connectivity index is 1.75. The maximum atomic E-state index is 13.1. The molecule has 0 bridgehead atoms. The molecule has 3 rings (SSSR count). The fourth-order valence-corrected chi connectivity index (χ4v) is 3.69. The summed E-state index contributed by atoms with van der Waals surface area (Å²) in [5.41, 5.74) is 6.58. The van der Waals surface area contributed by atoms with Crippen LogP contribution in [0.15, 0.2) is 24.3 Å². The first-order valence-electron chi connectivity index (χ1n) is 8.47. The van der Waals surface area contributed by atoms with Crippen LogP contribution in [0.25, 0.3) is 0 Å². The Bertz CT molecular complexity index is 555. The fraction of sp³-hybridized carbons (Fsp3) is 0.611. The molecule has 2 aliphatic rings. The number of halogens is 1. The molecule has 0 radical (unpaired) electrons. The molecule has 1 heterocycles. The summed E-state index contributed by atoms with van der Waals surface area (Å²) in [5, 5.41) is 0. The highest BCUT2D eigenvalue weighted by Gasteiger charge is 2.41. The van der Waals surface area contributed by atoms with Crippen LogP contribution in [0.4, 0.5) is 4.39 Å². The molecule has 1 saturated carbocycles. The smallest absolute Gasteiger partial charge is 0.242 e. The third kappa shape index (κ3) is 3.56. The van der Waals surface area contributed by atoms with Crippen LogP contribution in [0.2, 0.25) is 0 Å². The van der Waals surface area contributed by atoms with Crippen LogP contribution >= 0.6 is 0 Å². The molecule has 0 aromatic heterocycles. The second-order valence-electron chi connectivity index (χ2n) is 6.91. The quantitative estimate of drug-likeness (QED) is 0.911. The van der Waals surface area contributed by atoms with E-state index < -0.39 is 5.54 Å². The van der Waals surface area contributed by atoms with E-state index in [0.29, 0.717) is 13.1 Å². The molecular weight excluding hydrogens is 295 g/mol. The van der Waals surface area contributed by atoms with Crippen molar-refractivity contribution in [3.05, 3.63) is 35.6 Å². The van der Waals surface area contributed by atoms with Crippen LogP contribution in [0.3, 0.4) is 0 Å². The van der Waals surface area contributed by atoms with Crippen LogP contribution in [0.5, 0.6) is 0 Å². The number of amides is 1. The van der Waals surface area contributed by atoms with Gasteiger partial charge in [0.25, 0.3) is 0 Å². The van der Waals surface area contributed by atoms with E-state index in [1.54, 1.807) is 12.1 Å². The van der Waals surface area contributed by atoms with E-state index in [9.17, 15) is 9.18 Å². The summed E-state index contributed by atoms with van der Waals surface area (Å²) in [6, 6.07) is 6.30. The zero-order valence-electron chi connectivity index (χ0n) is 13.6. The summed E-state index contributed by atoms with van der Waals surface area (Å²) in [7, 11) is 0. The van der Waals surface area contributed by atoms with Gasteiger partial charge in [-0.2, -0.15) is 0 Å². The van der Waals surface area contributed by atoms with Crippen LogP contribution in [0.1, 0.15) is 50.7 Å². The van der Waals surface area contributed by atoms with Crippen molar-refractivity contribution in [3.63, 3.8) is 0 Å². The molecule has 126 valence electrons. The fourth-order valence-electron chi connectivity index (χ4n) is 3.69. The lowest BCUT2D eigenvalue weighted by atomic mass is 9.81. The van der Waals surface area contributed by atoms with Gasteiger partial charge in [0, 0.05) is 6.54 Å². The van der Waals surface area contributed by atoms with Gasteiger partial charge >= 0.3 is 0 Å². The Morgan fingerprint density at radius 3 is 2.52 bits per heavy atom. The van der Waals surface area contributed by atoms with Crippen LogP contribution in [-0.2, 0) is 9.53 Å². The van der Waals surface area contributed by atoms with Crippen molar-refractivity contribution in [1.82, 2.24) is 4.90 Å². The number of nitrogens with zero attached hydrogens (tertiary/aromatic N) is 1. The standard InChI is InChI=1S/C18H25FN2O2/c1-13-11-21(17(22)18(20)9-3-2-4-10-18)12-16(23-13)14-5-7-15(19)8-6-14/h5-8,13,16H,2-4,9-12,20H2,1H3. The first-order valence-corrected chi connectivity index (χ1v) is 8.47. The molecule has 1 aromatic carbocycles. The molecule has 1 aromatic rings. The number of hydrogen-bond acceptors (Lipinski definition) is 3. The molecule has 1 saturated heterocycles. The normalized spacial score (nSPS) is 27.7. The molecule has 1 amide bonds. The van der Waals surface area contributed by atoms with Crippen LogP contribution < -0.4 is 5.73 Å². The highest BCUT2D eigenvalue weighted by Crippen LogP contribution is 2.31. The van der Waals surface area contributed by atoms with Crippen molar-refractivity contribution in [2.24, 2.45) is 5.73 Å². The summed E-state index contributed by atoms with van der Waals surface area (Å²) in [6.07, 6.45) is 4.43. The van der Waals surface area contributed by atoms with Gasteiger partial charge in [-0.25, -0.2) is 4.39 Å². The summed E-state index contributed by atoms with van der Waals surface area (Å²) in [4.78, 5) is 14.8. The third-order valence-electron chi connectivity index (χ3n) is 4.96. The SMILES string of the molecule is CC1CN(C(=O)C2(N)CCCCC2)CC(c2ccc(F)cc2)O1. The highest BCUT2D eigenvalue weighted by molar-refractivity contribution is 5.86. The van der Waals surface area contributed by atoms with E-state index in [1.807, 2.05) is 11.8 Å². The zero-order valence-corrected chi connectivity index (χ0v) is 13.6. The van der Waals surface area contributed by atoms with Crippen molar-refractivity contribution < 1.29 is 13.9 Å². The summed E-state index contributed by atoms with van der Waals surface area (Å²) in [5.74, 6) is -0.229. The lowest BCUT2D eigenvalue weighted by molar-refractivity contribution is -0.151. The van der Waals surface area contributed by atoms with E-state index in [1.165, 1.54) is 12.1 Å². The van der Waals surface area contributed by atoms with Crippen molar-refractivity contribution in [3.8, 4) is 0 Å². The Kier molecular flexibility index (Phi) is 4.69. The average Bonchev–Trinajstić information content (AvgIpc) is 2.55. The largest absolute Gasteiger partial charge is 0.367 e. The van der Waals surface area contributed by atoms with Crippen LogP contribution in [0, 0.1) is 5.82 Å². The summed E-state index contributed by atoms with van der Waals surface area (Å²) in [6.45, 7) is 3.00. The lowest BCUT2D eigenvalue weighted by Crippen LogP contribution is -2.59. The van der Waals surface area contributed by atoms with E-state index in [0.717, 1.165) is 37.7 Å². The van der Waals surface area contributed by atoms with Gasteiger partial charge in [0.15, 0.2) is 0 Å². The second-order valence-corrected chi connectivity index (χ2v) is 6.91. The molecule has 4 nitrogen and oxygen atoms in total. The van der Waals surface area contributed by atoms with E-state index in [-0.39, 0.29) is 23.9 Å². The number of carbonyl (C=O) groups excluding carboxylic acids is 1. The number of rotatable bonds is 2. The Labute approximate surface area is 136 Å². The van der Waals surface area contributed by atoms with Gasteiger partial charge in [-0.1, -0.05) is 31.4 Å². The summed E-state index contributed by atoms with van der Waals surface area (Å²) < 4.78 is 19.1. The molecule has 2 N–H and O–H groups in total. The third-order valence-corrected chi connectivity index (χ3v) is 4.96. The first kappa shape index (κ1) is 16.4. The minimum atomic E-state index is -0.720. The maximum absolute atomic E-state index is 13.1. The number of nitrogens with two attached hydrogens (primary N) is 1. The Hall–Kier alpha value is -1.46. The Morgan fingerprint density at radius 2 is 1.87 bits per heavy atom. The molecule has 2 atom stereocenters. The van der Waals surface area contributed by atoms with Gasteiger partial charge in [-0.05, 0) is 37.5 Å². The van der Waals surface area contributed by atoms with E-state index in [4.69, 9.17) is 10.5 Å². The molecule has 1 aliphatic carbocycles. The maximum Gasteiger partial charge on any atom is 0.242 e. The monoisotopic (exact) mass is 320 g/mol. The number of carbonyl (C=O) groups is 1. The Morgan fingerprint density at radius 1 is 1.22 bits per heavy atom. The van der Waals surface area contributed by atoms with Gasteiger partial charge in [-0.3, -0.25) is 4.79 Å². The van der Waals surface area contributed by atoms with Gasteiger partial charge < -0.3 is 15.4 Å². The predicted molar refractivity (Wildman–Crippen MR) is 86.3 cm³/mol. The van der Waals surface area contributed by atoms with Crippen LogP contribution in [-0.4, -0.2) is 35.5 Å². The molecular formula is C18H25FN2O2. The van der Waals surface area contributed by atoms with Crippen molar-refractivity contribution in [2.45, 2.75) is 56.8 Å². The molecule has 2 fully saturated rings. The summed E-state index contributed by atoms with van der Waals surface area (Å²) >= 11 is 0. The van der Waals surface area contributed by atoms with Gasteiger partial charge in [0.1, 0.15) is 11.9 Å². The topological polar surface area (TPSA) is 55.6 Å². The molecule has 2 unspecified atom stereocenters. The predicted octanol–water partition coefficient (Wildman–Crippen LogP) is 2.78. The molecule has 0 spiro atoms. The highest BCUT2D eigenvalue weighted by atomic mass is 19.1. The van der Waals surface area contributed by atoms with Gasteiger partial charge in [0.2, 0.25) is 5.91 Å². The number of hydrogen-bond donors (Lipinski definition) is 1. The van der Waals surface area contributed by atoms with E-state index >= 15 is 0 Å². The minimum absolute atomic E-state index is 0.0412. The van der Waals surface area contributed by atoms with Crippen molar-refractivity contribution >= 4 is 5.91 Å². The molecule has 23 heavy (non-hydrogen) atoms. The molecule has 1 aliphatic heterocycles. The number of morpholine rings is 1. The zero-order chi connectivity index (χ0) is 16.4. The van der Waals surface area contributed by atoms with Gasteiger partial charge in [0.05, 0.1) is 18.2 Å². The minimum Gasteiger partial charge on any atom is -0.367 e.